The summed E-state index contributed by atoms with van der Waals surface area (Å²) in [7, 11) is 0. The van der Waals surface area contributed by atoms with Gasteiger partial charge in [0.25, 0.3) is 0 Å². The lowest BCUT2D eigenvalue weighted by Crippen LogP contribution is -2.16. The molecule has 0 unspecified atom stereocenters. The molecule has 1 N–H and O–H groups in total. The lowest BCUT2D eigenvalue weighted by atomic mass is 9.81. The fourth-order valence-corrected chi connectivity index (χ4v) is 1.69. The number of aliphatic hydroxyl groups excluding tert-OH is 1. The zero-order valence-corrected chi connectivity index (χ0v) is 10.3. The molecule has 0 bridgehead atoms. The van der Waals surface area contributed by atoms with E-state index >= 15 is 0 Å². The second-order valence-corrected chi connectivity index (χ2v) is 4.85. The van der Waals surface area contributed by atoms with E-state index in [9.17, 15) is 0 Å². The number of rotatable bonds is 4. The average Bonchev–Trinajstić information content (AvgIpc) is 2.21. The summed E-state index contributed by atoms with van der Waals surface area (Å²) in [6.45, 7) is 9.08. The van der Waals surface area contributed by atoms with Gasteiger partial charge in [-0.1, -0.05) is 39.0 Å². The Morgan fingerprint density at radius 3 is 2.47 bits per heavy atom. The van der Waals surface area contributed by atoms with E-state index in [-0.39, 0.29) is 12.0 Å². The van der Waals surface area contributed by atoms with Gasteiger partial charge in [-0.05, 0) is 41.9 Å². The predicted molar refractivity (Wildman–Crippen MR) is 65.3 cm³/mol. The number of aryl methyl sites for hydroxylation is 1. The first kappa shape index (κ1) is 12.3. The Morgan fingerprint density at radius 1 is 1.27 bits per heavy atom. The molecular formula is C14H22O. The quantitative estimate of drug-likeness (QED) is 0.802. The summed E-state index contributed by atoms with van der Waals surface area (Å²) in [4.78, 5) is 0. The molecule has 1 aromatic rings. The second-order valence-electron chi connectivity index (χ2n) is 4.85. The molecule has 0 aromatic heterocycles. The van der Waals surface area contributed by atoms with E-state index in [0.29, 0.717) is 0 Å². The van der Waals surface area contributed by atoms with Gasteiger partial charge in [0.2, 0.25) is 0 Å². The highest BCUT2D eigenvalue weighted by molar-refractivity contribution is 5.34. The maximum absolute atomic E-state index is 9.00. The van der Waals surface area contributed by atoms with Gasteiger partial charge in [0, 0.05) is 6.61 Å². The maximum atomic E-state index is 9.00. The second kappa shape index (κ2) is 4.80. The van der Waals surface area contributed by atoms with E-state index in [1.807, 2.05) is 0 Å². The molecule has 1 heteroatoms. The monoisotopic (exact) mass is 206 g/mol. The van der Waals surface area contributed by atoms with Crippen molar-refractivity contribution in [1.29, 1.82) is 0 Å². The van der Waals surface area contributed by atoms with Crippen molar-refractivity contribution in [2.75, 3.05) is 6.61 Å². The molecule has 0 spiro atoms. The fourth-order valence-electron chi connectivity index (χ4n) is 1.69. The van der Waals surface area contributed by atoms with Crippen LogP contribution in [0.25, 0.3) is 0 Å². The Morgan fingerprint density at radius 2 is 1.93 bits per heavy atom. The van der Waals surface area contributed by atoms with E-state index in [1.54, 1.807) is 0 Å². The topological polar surface area (TPSA) is 20.2 Å². The number of aliphatic hydroxyl groups is 1. The van der Waals surface area contributed by atoms with Crippen molar-refractivity contribution in [3.63, 3.8) is 0 Å². The van der Waals surface area contributed by atoms with Crippen LogP contribution in [0.5, 0.6) is 0 Å². The molecule has 0 atom stereocenters. The molecule has 84 valence electrons. The lowest BCUT2D eigenvalue weighted by molar-refractivity contribution is 0.299. The molecule has 15 heavy (non-hydrogen) atoms. The van der Waals surface area contributed by atoms with Crippen molar-refractivity contribution >= 4 is 0 Å². The summed E-state index contributed by atoms with van der Waals surface area (Å²) in [5.41, 5.74) is 4.16. The maximum Gasteiger partial charge on any atom is 0.0471 e. The van der Waals surface area contributed by atoms with Crippen molar-refractivity contribution in [2.24, 2.45) is 0 Å². The summed E-state index contributed by atoms with van der Waals surface area (Å²) < 4.78 is 0. The largest absolute Gasteiger partial charge is 0.396 e. The summed E-state index contributed by atoms with van der Waals surface area (Å²) >= 11 is 0. The highest BCUT2D eigenvalue weighted by Gasteiger charge is 2.18. The molecule has 0 aliphatic heterocycles. The fraction of sp³-hybridized carbons (Fsp3) is 0.571. The number of benzene rings is 1. The summed E-state index contributed by atoms with van der Waals surface area (Å²) in [5, 5.41) is 9.00. The molecule has 0 saturated carbocycles. The van der Waals surface area contributed by atoms with Crippen molar-refractivity contribution in [1.82, 2.24) is 0 Å². The van der Waals surface area contributed by atoms with Crippen LogP contribution in [0.4, 0.5) is 0 Å². The summed E-state index contributed by atoms with van der Waals surface area (Å²) in [6, 6.07) is 6.62. The first-order valence-electron chi connectivity index (χ1n) is 5.72. The van der Waals surface area contributed by atoms with Crippen LogP contribution in [0.3, 0.4) is 0 Å². The minimum absolute atomic E-state index is 0.233. The zero-order chi connectivity index (χ0) is 11.5. The van der Waals surface area contributed by atoms with E-state index < -0.39 is 0 Å². The highest BCUT2D eigenvalue weighted by Crippen LogP contribution is 2.28. The SMILES string of the molecule is CCC(C)(C)c1ccc(C)c(CCO)c1. The third kappa shape index (κ3) is 2.82. The molecule has 0 heterocycles. The van der Waals surface area contributed by atoms with Gasteiger partial charge in [-0.3, -0.25) is 0 Å². The van der Waals surface area contributed by atoms with Crippen LogP contribution < -0.4 is 0 Å². The number of hydrogen-bond acceptors (Lipinski definition) is 1. The van der Waals surface area contributed by atoms with Crippen LogP contribution in [0.1, 0.15) is 43.9 Å². The average molecular weight is 206 g/mol. The highest BCUT2D eigenvalue weighted by atomic mass is 16.2. The lowest BCUT2D eigenvalue weighted by Gasteiger charge is -2.24. The minimum Gasteiger partial charge on any atom is -0.396 e. The molecule has 0 fully saturated rings. The van der Waals surface area contributed by atoms with Crippen molar-refractivity contribution in [3.05, 3.63) is 34.9 Å². The van der Waals surface area contributed by atoms with Gasteiger partial charge in [-0.15, -0.1) is 0 Å². The van der Waals surface area contributed by atoms with Crippen molar-refractivity contribution < 1.29 is 5.11 Å². The van der Waals surface area contributed by atoms with Gasteiger partial charge >= 0.3 is 0 Å². The van der Waals surface area contributed by atoms with Crippen molar-refractivity contribution in [3.8, 4) is 0 Å². The van der Waals surface area contributed by atoms with Crippen LogP contribution in [0.15, 0.2) is 18.2 Å². The van der Waals surface area contributed by atoms with Crippen LogP contribution in [0.2, 0.25) is 0 Å². The van der Waals surface area contributed by atoms with Gasteiger partial charge in [0.05, 0.1) is 0 Å². The smallest absolute Gasteiger partial charge is 0.0471 e. The molecule has 0 aliphatic carbocycles. The molecule has 0 saturated heterocycles. The van der Waals surface area contributed by atoms with Crippen LogP contribution in [-0.4, -0.2) is 11.7 Å². The van der Waals surface area contributed by atoms with Gasteiger partial charge in [0.15, 0.2) is 0 Å². The molecule has 0 radical (unpaired) electrons. The third-order valence-electron chi connectivity index (χ3n) is 3.40. The molecule has 0 aliphatic rings. The first-order valence-corrected chi connectivity index (χ1v) is 5.72. The molecular weight excluding hydrogens is 184 g/mol. The Labute approximate surface area is 93.1 Å². The Hall–Kier alpha value is -0.820. The predicted octanol–water partition coefficient (Wildman–Crippen LogP) is 3.22. The van der Waals surface area contributed by atoms with Crippen molar-refractivity contribution in [2.45, 2.75) is 46.0 Å². The van der Waals surface area contributed by atoms with Gasteiger partial charge in [-0.25, -0.2) is 0 Å². The van der Waals surface area contributed by atoms with E-state index in [0.717, 1.165) is 12.8 Å². The minimum atomic E-state index is 0.233. The summed E-state index contributed by atoms with van der Waals surface area (Å²) in [6.07, 6.45) is 1.90. The van der Waals surface area contributed by atoms with E-state index in [4.69, 9.17) is 5.11 Å². The molecule has 1 rings (SSSR count). The van der Waals surface area contributed by atoms with Gasteiger partial charge in [-0.2, -0.15) is 0 Å². The Balaban J connectivity index is 3.07. The van der Waals surface area contributed by atoms with E-state index in [1.165, 1.54) is 16.7 Å². The molecule has 1 nitrogen and oxygen atoms in total. The van der Waals surface area contributed by atoms with Gasteiger partial charge < -0.3 is 5.11 Å². The van der Waals surface area contributed by atoms with Crippen LogP contribution in [0, 0.1) is 6.92 Å². The van der Waals surface area contributed by atoms with Crippen LogP contribution >= 0.6 is 0 Å². The Bertz CT molecular complexity index is 326. The van der Waals surface area contributed by atoms with Crippen LogP contribution in [-0.2, 0) is 11.8 Å². The van der Waals surface area contributed by atoms with E-state index in [2.05, 4.69) is 45.9 Å². The number of hydrogen-bond donors (Lipinski definition) is 1. The molecule has 1 aromatic carbocycles. The molecule has 0 amide bonds. The zero-order valence-electron chi connectivity index (χ0n) is 10.3. The normalized spacial score (nSPS) is 11.8. The van der Waals surface area contributed by atoms with Gasteiger partial charge in [0.1, 0.15) is 0 Å². The summed E-state index contributed by atoms with van der Waals surface area (Å²) in [5.74, 6) is 0. The first-order chi connectivity index (χ1) is 7.01. The third-order valence-corrected chi connectivity index (χ3v) is 3.40. The standard InChI is InChI=1S/C14H22O/c1-5-14(3,4)13-7-6-11(2)12(10-13)8-9-15/h6-7,10,15H,5,8-9H2,1-4H3. The Kier molecular flexibility index (Phi) is 3.92.